The molecule has 0 amide bonds. The number of esters is 3. The number of aliphatic hydroxyl groups excluding tert-OH is 2. The molecule has 4 aliphatic rings. The van der Waals surface area contributed by atoms with Gasteiger partial charge in [0, 0.05) is 41.8 Å². The van der Waals surface area contributed by atoms with Crippen molar-refractivity contribution in [1.82, 2.24) is 0 Å². The van der Waals surface area contributed by atoms with Gasteiger partial charge in [0.15, 0.2) is 0 Å². The van der Waals surface area contributed by atoms with Crippen molar-refractivity contribution in [3.63, 3.8) is 0 Å². The number of aliphatic hydroxyl groups is 2. The van der Waals surface area contributed by atoms with E-state index in [-0.39, 0.29) is 76.6 Å². The molecule has 0 aromatic heterocycles. The Kier molecular flexibility index (Phi) is 10.00. The van der Waals surface area contributed by atoms with Gasteiger partial charge in [-0.3, -0.25) is 14.4 Å². The standard InChI is InChI=1S/C31H48Br2O8/c1-14(2)39-24(36)11-8-15(3)18-9-10-19-25-20(13-23(30(18,19)6)41-17(5)35)31(7)21(12-22(25)40-16(4)34)26(32)28(37)27(33)29(31)38/h14-15,18-23,25-29,37-38H,8-13H2,1-7H3/t15-,18-,19+,20?,21-,22-,23+,25?,26-,27+,28+,29-,30-,31-/m1/s1. The van der Waals surface area contributed by atoms with E-state index in [1.54, 1.807) is 0 Å². The van der Waals surface area contributed by atoms with Crippen LogP contribution in [0.3, 0.4) is 0 Å². The summed E-state index contributed by atoms with van der Waals surface area (Å²) in [4.78, 5) is 36.5. The highest BCUT2D eigenvalue weighted by molar-refractivity contribution is 9.10. The summed E-state index contributed by atoms with van der Waals surface area (Å²) in [6, 6.07) is 0. The molecule has 2 N–H and O–H groups in total. The molecule has 234 valence electrons. The minimum absolute atomic E-state index is 0.0376. The van der Waals surface area contributed by atoms with E-state index < -0.39 is 27.9 Å². The topological polar surface area (TPSA) is 119 Å². The van der Waals surface area contributed by atoms with Crippen LogP contribution in [0.2, 0.25) is 0 Å². The first-order chi connectivity index (χ1) is 19.0. The van der Waals surface area contributed by atoms with Crippen molar-refractivity contribution >= 4 is 49.8 Å². The van der Waals surface area contributed by atoms with Gasteiger partial charge in [-0.25, -0.2) is 0 Å². The molecule has 4 aliphatic carbocycles. The lowest BCUT2D eigenvalue weighted by Crippen LogP contribution is -2.70. The number of hydrogen-bond donors (Lipinski definition) is 2. The molecular weight excluding hydrogens is 660 g/mol. The SMILES string of the molecule is CC(=O)O[C@H]1CC2C([C@H](OC(C)=O)C[C@@H]3[C@@H](Br)[C@H](O)[C@H](Br)[C@@H](O)[C@]23C)[C@@H]2CC[C@H]([C@H](C)CCC(=O)OC(C)C)[C@@]12C. The zero-order valence-electron chi connectivity index (χ0n) is 25.3. The summed E-state index contributed by atoms with van der Waals surface area (Å²) < 4.78 is 17.6. The fourth-order valence-corrected chi connectivity index (χ4v) is 12.1. The third kappa shape index (κ3) is 5.77. The van der Waals surface area contributed by atoms with E-state index in [2.05, 4.69) is 52.6 Å². The summed E-state index contributed by atoms with van der Waals surface area (Å²) in [5.74, 6) is -0.703. The summed E-state index contributed by atoms with van der Waals surface area (Å²) in [5, 5.41) is 22.7. The maximum Gasteiger partial charge on any atom is 0.306 e. The molecule has 0 aliphatic heterocycles. The van der Waals surface area contributed by atoms with E-state index in [1.807, 2.05) is 13.8 Å². The molecule has 4 saturated carbocycles. The zero-order chi connectivity index (χ0) is 30.6. The maximum atomic E-state index is 12.5. The molecule has 0 aromatic rings. The van der Waals surface area contributed by atoms with Crippen LogP contribution >= 0.6 is 31.9 Å². The number of halogens is 2. The van der Waals surface area contributed by atoms with Gasteiger partial charge < -0.3 is 24.4 Å². The summed E-state index contributed by atoms with van der Waals surface area (Å²) in [6.45, 7) is 13.1. The van der Waals surface area contributed by atoms with Crippen molar-refractivity contribution in [2.24, 2.45) is 46.3 Å². The van der Waals surface area contributed by atoms with Gasteiger partial charge >= 0.3 is 17.9 Å². The molecule has 0 saturated heterocycles. The van der Waals surface area contributed by atoms with E-state index in [4.69, 9.17) is 14.2 Å². The van der Waals surface area contributed by atoms with E-state index in [1.165, 1.54) is 13.8 Å². The molecule has 41 heavy (non-hydrogen) atoms. The third-order valence-electron chi connectivity index (χ3n) is 11.5. The average Bonchev–Trinajstić information content (AvgIpc) is 3.23. The number of carbonyl (C=O) groups is 3. The van der Waals surface area contributed by atoms with Gasteiger partial charge in [0.1, 0.15) is 12.2 Å². The fourth-order valence-electron chi connectivity index (χ4n) is 9.72. The van der Waals surface area contributed by atoms with E-state index in [0.29, 0.717) is 25.7 Å². The normalized spacial score (nSPS) is 46.1. The summed E-state index contributed by atoms with van der Waals surface area (Å²) in [7, 11) is 0. The van der Waals surface area contributed by atoms with Crippen molar-refractivity contribution in [1.29, 1.82) is 0 Å². The summed E-state index contributed by atoms with van der Waals surface area (Å²) in [5.41, 5.74) is -1.01. The molecule has 0 aromatic carbocycles. The monoisotopic (exact) mass is 706 g/mol. The second-order valence-corrected chi connectivity index (χ2v) is 16.0. The third-order valence-corrected chi connectivity index (χ3v) is 13.7. The van der Waals surface area contributed by atoms with Crippen LogP contribution in [0.4, 0.5) is 0 Å². The minimum Gasteiger partial charge on any atom is -0.463 e. The Morgan fingerprint density at radius 2 is 1.51 bits per heavy atom. The van der Waals surface area contributed by atoms with E-state index in [0.717, 1.165) is 12.8 Å². The highest BCUT2D eigenvalue weighted by atomic mass is 79.9. The van der Waals surface area contributed by atoms with Gasteiger partial charge in [-0.05, 0) is 75.5 Å². The van der Waals surface area contributed by atoms with Crippen molar-refractivity contribution in [2.45, 2.75) is 127 Å². The Morgan fingerprint density at radius 3 is 2.10 bits per heavy atom. The molecule has 2 unspecified atom stereocenters. The predicted octanol–water partition coefficient (Wildman–Crippen LogP) is 5.17. The number of alkyl halides is 2. The number of hydrogen-bond acceptors (Lipinski definition) is 8. The lowest BCUT2D eigenvalue weighted by Gasteiger charge is -2.66. The highest BCUT2D eigenvalue weighted by Crippen LogP contribution is 2.70. The smallest absolute Gasteiger partial charge is 0.306 e. The van der Waals surface area contributed by atoms with Gasteiger partial charge in [-0.1, -0.05) is 52.6 Å². The van der Waals surface area contributed by atoms with Gasteiger partial charge in [-0.15, -0.1) is 0 Å². The van der Waals surface area contributed by atoms with Gasteiger partial charge in [0.2, 0.25) is 0 Å². The van der Waals surface area contributed by atoms with Crippen LogP contribution in [0.1, 0.15) is 87.0 Å². The van der Waals surface area contributed by atoms with Crippen LogP contribution in [0.15, 0.2) is 0 Å². The Bertz CT molecular complexity index is 1010. The summed E-state index contributed by atoms with van der Waals surface area (Å²) in [6.07, 6.45) is 1.32. The molecule has 0 radical (unpaired) electrons. The molecular formula is C31H48Br2O8. The number of fused-ring (bicyclic) bond motifs is 5. The van der Waals surface area contributed by atoms with Crippen LogP contribution < -0.4 is 0 Å². The molecule has 0 heterocycles. The lowest BCUT2D eigenvalue weighted by atomic mass is 9.42. The van der Waals surface area contributed by atoms with Crippen molar-refractivity contribution in [2.75, 3.05) is 0 Å². The average molecular weight is 709 g/mol. The molecule has 4 rings (SSSR count). The van der Waals surface area contributed by atoms with Crippen LogP contribution in [-0.4, -0.2) is 68.3 Å². The van der Waals surface area contributed by atoms with Gasteiger partial charge in [0.25, 0.3) is 0 Å². The predicted molar refractivity (Wildman–Crippen MR) is 160 cm³/mol. The van der Waals surface area contributed by atoms with E-state index in [9.17, 15) is 24.6 Å². The molecule has 0 spiro atoms. The molecule has 8 nitrogen and oxygen atoms in total. The molecule has 0 bridgehead atoms. The molecule has 10 heteroatoms. The first-order valence-corrected chi connectivity index (χ1v) is 17.1. The zero-order valence-corrected chi connectivity index (χ0v) is 28.5. The van der Waals surface area contributed by atoms with Crippen molar-refractivity contribution in [3.8, 4) is 0 Å². The second-order valence-electron chi connectivity index (χ2n) is 13.9. The number of rotatable bonds is 7. The fraction of sp³-hybridized carbons (Fsp3) is 0.903. The quantitative estimate of drug-likeness (QED) is 0.211. The van der Waals surface area contributed by atoms with E-state index >= 15 is 0 Å². The molecule has 14 atom stereocenters. The van der Waals surface area contributed by atoms with Crippen LogP contribution in [0, 0.1) is 46.3 Å². The van der Waals surface area contributed by atoms with Crippen LogP contribution in [0.25, 0.3) is 0 Å². The first-order valence-electron chi connectivity index (χ1n) is 15.2. The van der Waals surface area contributed by atoms with Crippen LogP contribution in [-0.2, 0) is 28.6 Å². The van der Waals surface area contributed by atoms with Crippen molar-refractivity contribution in [3.05, 3.63) is 0 Å². The Hall–Kier alpha value is -0.710. The molecule has 4 fully saturated rings. The minimum atomic E-state index is -0.840. The Morgan fingerprint density at radius 1 is 0.878 bits per heavy atom. The second kappa shape index (κ2) is 12.4. The largest absolute Gasteiger partial charge is 0.463 e. The first kappa shape index (κ1) is 33.2. The number of ether oxygens (including phenoxy) is 3. The lowest BCUT2D eigenvalue weighted by molar-refractivity contribution is -0.239. The van der Waals surface area contributed by atoms with Gasteiger partial charge in [-0.2, -0.15) is 0 Å². The van der Waals surface area contributed by atoms with Crippen LogP contribution in [0.5, 0.6) is 0 Å². The summed E-state index contributed by atoms with van der Waals surface area (Å²) >= 11 is 7.33. The van der Waals surface area contributed by atoms with Gasteiger partial charge in [0.05, 0.1) is 23.1 Å². The Balaban J connectivity index is 1.74. The Labute approximate surface area is 261 Å². The van der Waals surface area contributed by atoms with Crippen molar-refractivity contribution < 1.29 is 38.8 Å². The maximum absolute atomic E-state index is 12.5. The highest BCUT2D eigenvalue weighted by Gasteiger charge is 2.71. The number of carbonyl (C=O) groups excluding carboxylic acids is 3.